The summed E-state index contributed by atoms with van der Waals surface area (Å²) >= 11 is 6.12. The number of amides is 1. The molecule has 1 aliphatic heterocycles. The zero-order valence-electron chi connectivity index (χ0n) is 17.7. The Balaban J connectivity index is 1.39. The number of hydrogen-bond acceptors (Lipinski definition) is 3. The average Bonchev–Trinajstić information content (AvgIpc) is 3.41. The van der Waals surface area contributed by atoms with Crippen molar-refractivity contribution < 1.29 is 9.53 Å². The smallest absolute Gasteiger partial charge is 0.233 e. The normalized spacial score (nSPS) is 21.3. The van der Waals surface area contributed by atoms with Crippen LogP contribution in [0.2, 0.25) is 5.02 Å². The standard InChI is InChI=1S/C25H28ClN3O2/c26-22-7-5-21(6-8-22)25(10-1-2-11-25)24(30)28-14-15-31-18-19(17-28)16-20-4-3-13-29-23(20)9-12-27-29/h3-9,12-13,19H,1-2,10-11,14-18H2/t19-/m0/s1. The molecule has 1 saturated heterocycles. The van der Waals surface area contributed by atoms with E-state index in [0.29, 0.717) is 24.8 Å². The molecule has 5 nitrogen and oxygen atoms in total. The van der Waals surface area contributed by atoms with Crippen molar-refractivity contribution in [3.8, 4) is 0 Å². The summed E-state index contributed by atoms with van der Waals surface area (Å²) in [5, 5.41) is 5.06. The Labute approximate surface area is 188 Å². The van der Waals surface area contributed by atoms with Crippen LogP contribution in [-0.2, 0) is 21.4 Å². The zero-order valence-corrected chi connectivity index (χ0v) is 18.4. The molecule has 162 valence electrons. The quantitative estimate of drug-likeness (QED) is 0.603. The van der Waals surface area contributed by atoms with Gasteiger partial charge in [0.1, 0.15) is 0 Å². The topological polar surface area (TPSA) is 46.8 Å². The van der Waals surface area contributed by atoms with E-state index in [0.717, 1.165) is 49.7 Å². The highest BCUT2D eigenvalue weighted by Gasteiger charge is 2.45. The second kappa shape index (κ2) is 8.64. The Morgan fingerprint density at radius 1 is 1.16 bits per heavy atom. The molecule has 0 unspecified atom stereocenters. The van der Waals surface area contributed by atoms with Crippen molar-refractivity contribution in [3.05, 3.63) is 71.0 Å². The number of nitrogens with zero attached hydrogens (tertiary/aromatic N) is 3. The number of rotatable bonds is 4. The highest BCUT2D eigenvalue weighted by Crippen LogP contribution is 2.43. The largest absolute Gasteiger partial charge is 0.379 e. The molecule has 0 spiro atoms. The molecule has 5 rings (SSSR count). The molecule has 3 heterocycles. The number of carbonyl (C=O) groups is 1. The molecule has 2 fully saturated rings. The lowest BCUT2D eigenvalue weighted by Crippen LogP contribution is -2.47. The maximum atomic E-state index is 14.0. The van der Waals surface area contributed by atoms with E-state index in [2.05, 4.69) is 16.1 Å². The minimum atomic E-state index is -0.426. The van der Waals surface area contributed by atoms with Gasteiger partial charge in [0.15, 0.2) is 0 Å². The molecular weight excluding hydrogens is 410 g/mol. The SMILES string of the molecule is O=C(N1CCOC[C@@H](Cc2cccn3nccc23)C1)C1(c2ccc(Cl)cc2)CCCC1. The fourth-order valence-electron chi connectivity index (χ4n) is 5.36. The van der Waals surface area contributed by atoms with Gasteiger partial charge in [-0.25, -0.2) is 4.52 Å². The number of halogens is 1. The van der Waals surface area contributed by atoms with Gasteiger partial charge in [-0.1, -0.05) is 42.6 Å². The van der Waals surface area contributed by atoms with Gasteiger partial charge in [0.05, 0.1) is 24.1 Å². The molecule has 2 aliphatic rings. The van der Waals surface area contributed by atoms with Crippen molar-refractivity contribution in [2.24, 2.45) is 5.92 Å². The highest BCUT2D eigenvalue weighted by molar-refractivity contribution is 6.30. The number of hydrogen-bond donors (Lipinski definition) is 0. The van der Waals surface area contributed by atoms with Gasteiger partial charge in [0, 0.05) is 36.4 Å². The second-order valence-corrected chi connectivity index (χ2v) is 9.32. The summed E-state index contributed by atoms with van der Waals surface area (Å²) in [7, 11) is 0. The van der Waals surface area contributed by atoms with Crippen LogP contribution in [0.4, 0.5) is 0 Å². The first-order valence-electron chi connectivity index (χ1n) is 11.2. The summed E-state index contributed by atoms with van der Waals surface area (Å²) in [6.07, 6.45) is 8.65. The maximum Gasteiger partial charge on any atom is 0.233 e. The number of benzene rings is 1. The van der Waals surface area contributed by atoms with Gasteiger partial charge in [-0.05, 0) is 54.7 Å². The fourth-order valence-corrected chi connectivity index (χ4v) is 5.49. The lowest BCUT2D eigenvalue weighted by Gasteiger charge is -2.35. The van der Waals surface area contributed by atoms with E-state index in [-0.39, 0.29) is 11.8 Å². The highest BCUT2D eigenvalue weighted by atomic mass is 35.5. The molecule has 6 heteroatoms. The van der Waals surface area contributed by atoms with E-state index < -0.39 is 5.41 Å². The first kappa shape index (κ1) is 20.5. The van der Waals surface area contributed by atoms with Crippen molar-refractivity contribution in [1.29, 1.82) is 0 Å². The van der Waals surface area contributed by atoms with E-state index >= 15 is 0 Å². The molecule has 1 amide bonds. The summed E-state index contributed by atoms with van der Waals surface area (Å²) in [6.45, 7) is 2.65. The predicted octanol–water partition coefficient (Wildman–Crippen LogP) is 4.52. The van der Waals surface area contributed by atoms with Gasteiger partial charge in [-0.2, -0.15) is 5.10 Å². The third-order valence-corrected chi connectivity index (χ3v) is 7.17. The Kier molecular flexibility index (Phi) is 5.72. The van der Waals surface area contributed by atoms with Gasteiger partial charge < -0.3 is 9.64 Å². The van der Waals surface area contributed by atoms with Crippen LogP contribution in [0.25, 0.3) is 5.52 Å². The van der Waals surface area contributed by atoms with Crippen LogP contribution < -0.4 is 0 Å². The molecule has 31 heavy (non-hydrogen) atoms. The number of carbonyl (C=O) groups excluding carboxylic acids is 1. The predicted molar refractivity (Wildman–Crippen MR) is 121 cm³/mol. The van der Waals surface area contributed by atoms with Crippen molar-refractivity contribution in [2.45, 2.75) is 37.5 Å². The Morgan fingerprint density at radius 2 is 1.97 bits per heavy atom. The Hall–Kier alpha value is -2.37. The van der Waals surface area contributed by atoms with E-state index in [1.54, 1.807) is 0 Å². The van der Waals surface area contributed by atoms with Crippen LogP contribution in [0, 0.1) is 5.92 Å². The first-order valence-corrected chi connectivity index (χ1v) is 11.6. The summed E-state index contributed by atoms with van der Waals surface area (Å²) in [5.41, 5.74) is 3.05. The Bertz CT molecular complexity index is 1060. The lowest BCUT2D eigenvalue weighted by molar-refractivity contribution is -0.137. The van der Waals surface area contributed by atoms with Crippen molar-refractivity contribution in [2.75, 3.05) is 26.3 Å². The molecule has 0 radical (unpaired) electrons. The molecule has 1 saturated carbocycles. The summed E-state index contributed by atoms with van der Waals surface area (Å²) in [5.74, 6) is 0.515. The third-order valence-electron chi connectivity index (χ3n) is 6.92. The van der Waals surface area contributed by atoms with Crippen LogP contribution in [-0.4, -0.2) is 46.7 Å². The lowest BCUT2D eigenvalue weighted by atomic mass is 9.77. The zero-order chi connectivity index (χ0) is 21.3. The molecule has 3 aromatic rings. The van der Waals surface area contributed by atoms with Crippen LogP contribution in [0.1, 0.15) is 36.8 Å². The van der Waals surface area contributed by atoms with Crippen molar-refractivity contribution >= 4 is 23.0 Å². The van der Waals surface area contributed by atoms with E-state index in [4.69, 9.17) is 16.3 Å². The van der Waals surface area contributed by atoms with Gasteiger partial charge >= 0.3 is 0 Å². The van der Waals surface area contributed by atoms with Crippen molar-refractivity contribution in [3.63, 3.8) is 0 Å². The average molecular weight is 438 g/mol. The summed E-state index contributed by atoms with van der Waals surface area (Å²) < 4.78 is 7.84. The summed E-state index contributed by atoms with van der Waals surface area (Å²) in [4.78, 5) is 16.0. The van der Waals surface area contributed by atoms with Gasteiger partial charge in [-0.15, -0.1) is 0 Å². The molecule has 1 atom stereocenters. The molecular formula is C25H28ClN3O2. The molecule has 1 aromatic carbocycles. The molecule has 0 bridgehead atoms. The molecule has 0 N–H and O–H groups in total. The monoisotopic (exact) mass is 437 g/mol. The summed E-state index contributed by atoms with van der Waals surface area (Å²) in [6, 6.07) is 14.1. The fraction of sp³-hybridized carbons (Fsp3) is 0.440. The minimum Gasteiger partial charge on any atom is -0.379 e. The number of aromatic nitrogens is 2. The van der Waals surface area contributed by atoms with E-state index in [9.17, 15) is 4.79 Å². The number of fused-ring (bicyclic) bond motifs is 1. The number of ether oxygens (including phenoxy) is 1. The van der Waals surface area contributed by atoms with Gasteiger partial charge in [-0.3, -0.25) is 4.79 Å². The van der Waals surface area contributed by atoms with Gasteiger partial charge in [0.2, 0.25) is 5.91 Å². The van der Waals surface area contributed by atoms with Gasteiger partial charge in [0.25, 0.3) is 0 Å². The second-order valence-electron chi connectivity index (χ2n) is 8.89. The third kappa shape index (κ3) is 3.97. The van der Waals surface area contributed by atoms with Crippen molar-refractivity contribution in [1.82, 2.24) is 14.5 Å². The van der Waals surface area contributed by atoms with Crippen LogP contribution in [0.3, 0.4) is 0 Å². The molecule has 2 aromatic heterocycles. The maximum absolute atomic E-state index is 14.0. The minimum absolute atomic E-state index is 0.255. The number of pyridine rings is 1. The van der Waals surface area contributed by atoms with E-state index in [1.165, 1.54) is 5.56 Å². The van der Waals surface area contributed by atoms with E-state index in [1.807, 2.05) is 53.3 Å². The van der Waals surface area contributed by atoms with Crippen LogP contribution in [0.5, 0.6) is 0 Å². The van der Waals surface area contributed by atoms with Crippen LogP contribution >= 0.6 is 11.6 Å². The molecule has 1 aliphatic carbocycles. The van der Waals surface area contributed by atoms with Crippen LogP contribution in [0.15, 0.2) is 54.9 Å². The first-order chi connectivity index (χ1) is 15.2. The Morgan fingerprint density at radius 3 is 2.77 bits per heavy atom.